The number of ether oxygens (including phenoxy) is 1. The van der Waals surface area contributed by atoms with Crippen LogP contribution in [0.2, 0.25) is 0 Å². The maximum atomic E-state index is 11.8. The van der Waals surface area contributed by atoms with Gasteiger partial charge in [0.15, 0.2) is 11.2 Å². The normalized spacial score (nSPS) is 28.5. The van der Waals surface area contributed by atoms with Gasteiger partial charge in [0.2, 0.25) is 5.95 Å². The van der Waals surface area contributed by atoms with Gasteiger partial charge in [0.1, 0.15) is 12.3 Å². The van der Waals surface area contributed by atoms with Gasteiger partial charge >= 0.3 is 0 Å². The molecule has 4 unspecified atom stereocenters. The highest BCUT2D eigenvalue weighted by atomic mass is 16.5. The zero-order chi connectivity index (χ0) is 15.9. The Morgan fingerprint density at radius 3 is 2.91 bits per heavy atom. The molecule has 0 spiro atoms. The minimum absolute atomic E-state index is 0.0600. The quantitative estimate of drug-likeness (QED) is 0.431. The molecule has 2 aromatic rings. The molecule has 1 aliphatic heterocycles. The fourth-order valence-electron chi connectivity index (χ4n) is 2.82. The fourth-order valence-corrected chi connectivity index (χ4v) is 2.82. The third-order valence-electron chi connectivity index (χ3n) is 3.87. The number of hydrogen-bond acceptors (Lipinski definition) is 8. The van der Waals surface area contributed by atoms with E-state index in [9.17, 15) is 20.1 Å². The number of aromatic nitrogens is 4. The Kier molecular flexibility index (Phi) is 3.83. The van der Waals surface area contributed by atoms with Crippen molar-refractivity contribution in [2.45, 2.75) is 24.9 Å². The standard InChI is InChI=1S/C12H17N5O5/c13-12-15-9-7(10(21)16-12)14-4-17(9)11-5(1-2-18)8(20)6(3-19)22-11/h4-6,8,11,18-20H,1-3H2,(H3,13,15,16,21). The molecule has 1 saturated heterocycles. The molecule has 0 aromatic carbocycles. The summed E-state index contributed by atoms with van der Waals surface area (Å²) in [6.07, 6.45) is -0.801. The summed E-state index contributed by atoms with van der Waals surface area (Å²) >= 11 is 0. The van der Waals surface area contributed by atoms with Gasteiger partial charge in [0.05, 0.1) is 19.0 Å². The second-order valence-corrected chi connectivity index (χ2v) is 5.19. The second kappa shape index (κ2) is 5.65. The number of imidazole rings is 1. The van der Waals surface area contributed by atoms with Crippen LogP contribution in [0.5, 0.6) is 0 Å². The van der Waals surface area contributed by atoms with Crippen molar-refractivity contribution in [3.8, 4) is 0 Å². The largest absolute Gasteiger partial charge is 0.396 e. The average molecular weight is 311 g/mol. The number of nitrogens with one attached hydrogen (secondary N) is 1. The predicted octanol–water partition coefficient (Wildman–Crippen LogP) is -2.05. The van der Waals surface area contributed by atoms with Gasteiger partial charge in [0.25, 0.3) is 5.56 Å². The summed E-state index contributed by atoms with van der Waals surface area (Å²) in [4.78, 5) is 22.2. The molecule has 1 aliphatic rings. The zero-order valence-corrected chi connectivity index (χ0v) is 11.6. The van der Waals surface area contributed by atoms with Gasteiger partial charge in [0, 0.05) is 12.5 Å². The zero-order valence-electron chi connectivity index (χ0n) is 11.6. The van der Waals surface area contributed by atoms with Crippen LogP contribution in [0.25, 0.3) is 11.2 Å². The lowest BCUT2D eigenvalue weighted by Gasteiger charge is -2.20. The molecule has 6 N–H and O–H groups in total. The lowest BCUT2D eigenvalue weighted by atomic mass is 9.96. The molecule has 22 heavy (non-hydrogen) atoms. The Balaban J connectivity index is 2.07. The molecule has 2 aromatic heterocycles. The first-order valence-corrected chi connectivity index (χ1v) is 6.84. The van der Waals surface area contributed by atoms with Crippen molar-refractivity contribution in [1.29, 1.82) is 0 Å². The summed E-state index contributed by atoms with van der Waals surface area (Å²) < 4.78 is 7.13. The molecule has 4 atom stereocenters. The van der Waals surface area contributed by atoms with Crippen molar-refractivity contribution >= 4 is 17.1 Å². The lowest BCUT2D eigenvalue weighted by molar-refractivity contribution is -0.0454. The molecule has 10 nitrogen and oxygen atoms in total. The number of aromatic amines is 1. The SMILES string of the molecule is Nc1nc2c(ncn2C2OC(CO)C(O)C2CCO)c(=O)[nH]1. The average Bonchev–Trinajstić information content (AvgIpc) is 3.02. The van der Waals surface area contributed by atoms with Crippen molar-refractivity contribution in [2.24, 2.45) is 5.92 Å². The minimum Gasteiger partial charge on any atom is -0.396 e. The highest BCUT2D eigenvalue weighted by Crippen LogP contribution is 2.37. The molecule has 0 bridgehead atoms. The van der Waals surface area contributed by atoms with Crippen LogP contribution in [0, 0.1) is 5.92 Å². The summed E-state index contributed by atoms with van der Waals surface area (Å²) in [7, 11) is 0. The van der Waals surface area contributed by atoms with Crippen LogP contribution >= 0.6 is 0 Å². The van der Waals surface area contributed by atoms with Gasteiger partial charge in [-0.05, 0) is 6.42 Å². The van der Waals surface area contributed by atoms with Gasteiger partial charge in [-0.1, -0.05) is 0 Å². The van der Waals surface area contributed by atoms with E-state index in [0.717, 1.165) is 0 Å². The summed E-state index contributed by atoms with van der Waals surface area (Å²) in [6, 6.07) is 0. The number of nitrogens with two attached hydrogens (primary N) is 1. The highest BCUT2D eigenvalue weighted by molar-refractivity contribution is 5.70. The number of H-pyrrole nitrogens is 1. The molecule has 0 aliphatic carbocycles. The monoisotopic (exact) mass is 311 g/mol. The maximum absolute atomic E-state index is 11.8. The van der Waals surface area contributed by atoms with E-state index in [2.05, 4.69) is 15.0 Å². The number of aliphatic hydroxyl groups is 3. The van der Waals surface area contributed by atoms with Gasteiger partial charge in [-0.3, -0.25) is 14.3 Å². The first kappa shape index (κ1) is 14.9. The molecule has 0 radical (unpaired) electrons. The smallest absolute Gasteiger partial charge is 0.280 e. The number of rotatable bonds is 4. The Morgan fingerprint density at radius 2 is 2.23 bits per heavy atom. The van der Waals surface area contributed by atoms with Crippen LogP contribution in [0.15, 0.2) is 11.1 Å². The number of fused-ring (bicyclic) bond motifs is 1. The van der Waals surface area contributed by atoms with E-state index < -0.39 is 29.9 Å². The molecule has 3 rings (SSSR count). The molecule has 3 heterocycles. The van der Waals surface area contributed by atoms with E-state index in [-0.39, 0.29) is 36.7 Å². The van der Waals surface area contributed by atoms with Crippen LogP contribution in [-0.2, 0) is 4.74 Å². The van der Waals surface area contributed by atoms with Crippen molar-refractivity contribution in [3.05, 3.63) is 16.7 Å². The highest BCUT2D eigenvalue weighted by Gasteiger charge is 2.44. The summed E-state index contributed by atoms with van der Waals surface area (Å²) in [5.74, 6) is -0.530. The van der Waals surface area contributed by atoms with Crippen LogP contribution in [0.4, 0.5) is 5.95 Å². The van der Waals surface area contributed by atoms with E-state index in [0.29, 0.717) is 0 Å². The van der Waals surface area contributed by atoms with Crippen molar-refractivity contribution in [1.82, 2.24) is 19.5 Å². The van der Waals surface area contributed by atoms with Crippen molar-refractivity contribution in [3.63, 3.8) is 0 Å². The number of nitrogens with zero attached hydrogens (tertiary/aromatic N) is 3. The minimum atomic E-state index is -0.945. The van der Waals surface area contributed by atoms with Crippen LogP contribution in [0.1, 0.15) is 12.6 Å². The van der Waals surface area contributed by atoms with Crippen LogP contribution in [0.3, 0.4) is 0 Å². The lowest BCUT2D eigenvalue weighted by Crippen LogP contribution is -2.30. The molecule has 120 valence electrons. The number of hydrogen-bond donors (Lipinski definition) is 5. The topological polar surface area (TPSA) is 160 Å². The number of aliphatic hydroxyl groups excluding tert-OH is 3. The van der Waals surface area contributed by atoms with E-state index in [4.69, 9.17) is 10.5 Å². The molecule has 0 saturated carbocycles. The number of anilines is 1. The molecule has 1 fully saturated rings. The Morgan fingerprint density at radius 1 is 1.45 bits per heavy atom. The first-order valence-electron chi connectivity index (χ1n) is 6.84. The van der Waals surface area contributed by atoms with Crippen molar-refractivity contribution < 1.29 is 20.1 Å². The molecule has 10 heteroatoms. The Labute approximate surface area is 124 Å². The molecular weight excluding hydrogens is 294 g/mol. The Hall–Kier alpha value is -2.01. The number of nitrogen functional groups attached to an aromatic ring is 1. The summed E-state index contributed by atoms with van der Waals surface area (Å²) in [5, 5.41) is 28.6. The Bertz CT molecular complexity index is 728. The molecule has 0 amide bonds. The van der Waals surface area contributed by atoms with E-state index in [1.165, 1.54) is 10.9 Å². The van der Waals surface area contributed by atoms with E-state index in [1.807, 2.05) is 0 Å². The predicted molar refractivity (Wildman–Crippen MR) is 74.8 cm³/mol. The van der Waals surface area contributed by atoms with E-state index in [1.54, 1.807) is 0 Å². The second-order valence-electron chi connectivity index (χ2n) is 5.19. The van der Waals surface area contributed by atoms with Crippen LogP contribution in [-0.4, -0.2) is 60.3 Å². The maximum Gasteiger partial charge on any atom is 0.280 e. The van der Waals surface area contributed by atoms with Gasteiger partial charge < -0.3 is 25.8 Å². The third kappa shape index (κ3) is 2.25. The third-order valence-corrected chi connectivity index (χ3v) is 3.87. The first-order chi connectivity index (χ1) is 10.6. The van der Waals surface area contributed by atoms with Crippen molar-refractivity contribution in [2.75, 3.05) is 18.9 Å². The van der Waals surface area contributed by atoms with E-state index >= 15 is 0 Å². The van der Waals surface area contributed by atoms with Gasteiger partial charge in [-0.2, -0.15) is 4.98 Å². The summed E-state index contributed by atoms with van der Waals surface area (Å²) in [5.41, 5.74) is 5.39. The fraction of sp³-hybridized carbons (Fsp3) is 0.583. The van der Waals surface area contributed by atoms with Gasteiger partial charge in [-0.15, -0.1) is 0 Å². The van der Waals surface area contributed by atoms with Crippen LogP contribution < -0.4 is 11.3 Å². The van der Waals surface area contributed by atoms with Gasteiger partial charge in [-0.25, -0.2) is 4.98 Å². The molecular formula is C12H17N5O5. The summed E-state index contributed by atoms with van der Waals surface area (Å²) in [6.45, 7) is -0.509.